The van der Waals surface area contributed by atoms with Gasteiger partial charge >= 0.3 is 5.97 Å². The lowest BCUT2D eigenvalue weighted by atomic mass is 10.1. The van der Waals surface area contributed by atoms with E-state index in [1.165, 1.54) is 0 Å². The third-order valence-corrected chi connectivity index (χ3v) is 2.77. The van der Waals surface area contributed by atoms with Crippen molar-refractivity contribution in [2.75, 3.05) is 6.61 Å². The van der Waals surface area contributed by atoms with Gasteiger partial charge in [0.2, 0.25) is 0 Å². The number of ether oxygens (including phenoxy) is 2. The zero-order valence-electron chi connectivity index (χ0n) is 9.08. The van der Waals surface area contributed by atoms with Crippen molar-refractivity contribution in [3.05, 3.63) is 0 Å². The fourth-order valence-electron chi connectivity index (χ4n) is 2.13. The fraction of sp³-hybridized carbons (Fsp3) is 0.909. The minimum atomic E-state index is -0.372. The highest BCUT2D eigenvalue weighted by atomic mass is 16.6. The van der Waals surface area contributed by atoms with Crippen molar-refractivity contribution in [1.29, 1.82) is 0 Å². The van der Waals surface area contributed by atoms with Gasteiger partial charge < -0.3 is 9.47 Å². The zero-order valence-corrected chi connectivity index (χ0v) is 9.08. The Labute approximate surface area is 84.8 Å². The van der Waals surface area contributed by atoms with Gasteiger partial charge in [-0.1, -0.05) is 0 Å². The van der Waals surface area contributed by atoms with Gasteiger partial charge in [0.25, 0.3) is 0 Å². The van der Waals surface area contributed by atoms with Gasteiger partial charge in [-0.2, -0.15) is 0 Å². The van der Waals surface area contributed by atoms with Crippen LogP contribution in [-0.2, 0) is 14.3 Å². The first kappa shape index (κ1) is 9.97. The Hall–Kier alpha value is -0.570. The molecule has 1 aliphatic heterocycles. The van der Waals surface area contributed by atoms with E-state index in [0.29, 0.717) is 5.92 Å². The lowest BCUT2D eigenvalue weighted by molar-refractivity contribution is -0.157. The van der Waals surface area contributed by atoms with Gasteiger partial charge in [-0.25, -0.2) is 0 Å². The van der Waals surface area contributed by atoms with Crippen molar-refractivity contribution in [2.24, 2.45) is 11.8 Å². The highest BCUT2D eigenvalue weighted by Crippen LogP contribution is 2.48. The third-order valence-electron chi connectivity index (χ3n) is 2.77. The molecular weight excluding hydrogens is 180 g/mol. The van der Waals surface area contributed by atoms with Gasteiger partial charge in [-0.15, -0.1) is 0 Å². The average Bonchev–Trinajstić information content (AvgIpc) is 2.73. The van der Waals surface area contributed by atoms with Crippen LogP contribution in [0.5, 0.6) is 0 Å². The molecule has 0 aromatic heterocycles. The number of rotatable bonds is 1. The fourth-order valence-corrected chi connectivity index (χ4v) is 2.13. The summed E-state index contributed by atoms with van der Waals surface area (Å²) >= 11 is 0. The van der Waals surface area contributed by atoms with Crippen LogP contribution in [0.3, 0.4) is 0 Å². The van der Waals surface area contributed by atoms with Gasteiger partial charge in [-0.05, 0) is 33.6 Å². The summed E-state index contributed by atoms with van der Waals surface area (Å²) in [5.41, 5.74) is -0.372. The van der Waals surface area contributed by atoms with Crippen LogP contribution in [0.4, 0.5) is 0 Å². The van der Waals surface area contributed by atoms with Crippen LogP contribution >= 0.6 is 0 Å². The van der Waals surface area contributed by atoms with Crippen molar-refractivity contribution >= 4 is 5.97 Å². The zero-order chi connectivity index (χ0) is 10.3. The quantitative estimate of drug-likeness (QED) is 0.602. The molecule has 80 valence electrons. The second-order valence-electron chi connectivity index (χ2n) is 5.20. The SMILES string of the molecule is CC(C)(C)OC(=O)[C@@H]1[C@H]2CCCO[C@H]21. The molecule has 1 saturated carbocycles. The standard InChI is InChI=1S/C11H18O3/c1-11(2,3)14-10(12)8-7-5-4-6-13-9(7)8/h7-9H,4-6H2,1-3H3/t7-,8-,9-/m1/s1. The number of carbonyl (C=O) groups excluding carboxylic acids is 1. The molecule has 0 aromatic carbocycles. The monoisotopic (exact) mass is 198 g/mol. The maximum absolute atomic E-state index is 11.7. The van der Waals surface area contributed by atoms with Crippen LogP contribution in [-0.4, -0.2) is 24.3 Å². The number of hydrogen-bond donors (Lipinski definition) is 0. The smallest absolute Gasteiger partial charge is 0.312 e. The second-order valence-corrected chi connectivity index (χ2v) is 5.20. The maximum atomic E-state index is 11.7. The molecular formula is C11H18O3. The molecule has 3 heteroatoms. The van der Waals surface area contributed by atoms with E-state index < -0.39 is 0 Å². The summed E-state index contributed by atoms with van der Waals surface area (Å²) < 4.78 is 10.8. The van der Waals surface area contributed by atoms with E-state index in [1.54, 1.807) is 0 Å². The topological polar surface area (TPSA) is 35.5 Å². The van der Waals surface area contributed by atoms with Gasteiger partial charge in [0, 0.05) is 12.5 Å². The molecule has 0 amide bonds. The molecule has 0 N–H and O–H groups in total. The van der Waals surface area contributed by atoms with Crippen molar-refractivity contribution in [1.82, 2.24) is 0 Å². The molecule has 14 heavy (non-hydrogen) atoms. The summed E-state index contributed by atoms with van der Waals surface area (Å²) in [6.45, 7) is 6.51. The summed E-state index contributed by atoms with van der Waals surface area (Å²) in [7, 11) is 0. The molecule has 0 bridgehead atoms. The average molecular weight is 198 g/mol. The summed E-state index contributed by atoms with van der Waals surface area (Å²) in [6.07, 6.45) is 2.37. The van der Waals surface area contributed by atoms with Crippen LogP contribution in [0.25, 0.3) is 0 Å². The van der Waals surface area contributed by atoms with Crippen molar-refractivity contribution in [3.63, 3.8) is 0 Å². The minimum absolute atomic E-state index is 0.0247. The maximum Gasteiger partial charge on any atom is 0.312 e. The molecule has 3 nitrogen and oxygen atoms in total. The molecule has 0 aromatic rings. The number of hydrogen-bond acceptors (Lipinski definition) is 3. The van der Waals surface area contributed by atoms with E-state index in [1.807, 2.05) is 20.8 Å². The molecule has 2 fully saturated rings. The van der Waals surface area contributed by atoms with Crippen LogP contribution < -0.4 is 0 Å². The summed E-state index contributed by atoms with van der Waals surface area (Å²) in [5, 5.41) is 0. The lowest BCUT2D eigenvalue weighted by Gasteiger charge is -2.19. The third kappa shape index (κ3) is 1.92. The number of carbonyl (C=O) groups is 1. The van der Waals surface area contributed by atoms with Gasteiger partial charge in [0.15, 0.2) is 0 Å². The molecule has 2 rings (SSSR count). The van der Waals surface area contributed by atoms with E-state index in [0.717, 1.165) is 19.4 Å². The molecule has 2 aliphatic rings. The Bertz CT molecular complexity index is 229. The second kappa shape index (κ2) is 3.23. The Kier molecular flexibility index (Phi) is 2.30. The Morgan fingerprint density at radius 3 is 2.64 bits per heavy atom. The molecule has 0 radical (unpaired) electrons. The van der Waals surface area contributed by atoms with Crippen molar-refractivity contribution in [2.45, 2.75) is 45.3 Å². The Balaban J connectivity index is 1.88. The largest absolute Gasteiger partial charge is 0.460 e. The van der Waals surface area contributed by atoms with Gasteiger partial charge in [0.1, 0.15) is 5.60 Å². The van der Waals surface area contributed by atoms with Gasteiger partial charge in [0.05, 0.1) is 12.0 Å². The molecule has 1 heterocycles. The predicted molar refractivity (Wildman–Crippen MR) is 51.8 cm³/mol. The normalized spacial score (nSPS) is 36.1. The molecule has 1 aliphatic carbocycles. The Morgan fingerprint density at radius 1 is 1.43 bits per heavy atom. The van der Waals surface area contributed by atoms with E-state index in [4.69, 9.17) is 9.47 Å². The van der Waals surface area contributed by atoms with Crippen LogP contribution in [0, 0.1) is 11.8 Å². The minimum Gasteiger partial charge on any atom is -0.460 e. The highest BCUT2D eigenvalue weighted by Gasteiger charge is 2.58. The summed E-state index contributed by atoms with van der Waals surface area (Å²) in [6, 6.07) is 0. The predicted octanol–water partition coefficient (Wildman–Crippen LogP) is 1.75. The molecule has 0 spiro atoms. The summed E-state index contributed by atoms with van der Waals surface area (Å²) in [4.78, 5) is 11.7. The van der Waals surface area contributed by atoms with Crippen LogP contribution in [0.15, 0.2) is 0 Å². The van der Waals surface area contributed by atoms with E-state index in [2.05, 4.69) is 0 Å². The summed E-state index contributed by atoms with van der Waals surface area (Å²) in [5.74, 6) is 0.393. The lowest BCUT2D eigenvalue weighted by Crippen LogP contribution is -2.25. The molecule has 1 saturated heterocycles. The first-order valence-electron chi connectivity index (χ1n) is 5.33. The van der Waals surface area contributed by atoms with E-state index in [-0.39, 0.29) is 23.6 Å². The van der Waals surface area contributed by atoms with Crippen LogP contribution in [0.2, 0.25) is 0 Å². The first-order valence-corrected chi connectivity index (χ1v) is 5.33. The van der Waals surface area contributed by atoms with Crippen molar-refractivity contribution in [3.8, 4) is 0 Å². The highest BCUT2D eigenvalue weighted by molar-refractivity contribution is 5.77. The molecule has 0 unspecified atom stereocenters. The first-order chi connectivity index (χ1) is 6.49. The number of esters is 1. The van der Waals surface area contributed by atoms with E-state index >= 15 is 0 Å². The van der Waals surface area contributed by atoms with Crippen LogP contribution in [0.1, 0.15) is 33.6 Å². The van der Waals surface area contributed by atoms with Gasteiger partial charge in [-0.3, -0.25) is 4.79 Å². The van der Waals surface area contributed by atoms with Crippen molar-refractivity contribution < 1.29 is 14.3 Å². The Morgan fingerprint density at radius 2 is 2.14 bits per heavy atom. The van der Waals surface area contributed by atoms with E-state index in [9.17, 15) is 4.79 Å². The molecule has 3 atom stereocenters. The number of fused-ring (bicyclic) bond motifs is 1.